The van der Waals surface area contributed by atoms with E-state index in [9.17, 15) is 24.9 Å². The summed E-state index contributed by atoms with van der Waals surface area (Å²) in [6.07, 6.45) is -4.07. The number of hydrogen-bond donors (Lipinski definition) is 4. The molecule has 0 aromatic carbocycles. The van der Waals surface area contributed by atoms with Crippen molar-refractivity contribution in [2.24, 2.45) is 0 Å². The molecule has 15 heavy (non-hydrogen) atoms. The Morgan fingerprint density at radius 1 is 1.20 bits per heavy atom. The third-order valence-electron chi connectivity index (χ3n) is 2.57. The van der Waals surface area contributed by atoms with Gasteiger partial charge in [0.15, 0.2) is 0 Å². The normalized spacial score (nSPS) is 42.2. The van der Waals surface area contributed by atoms with Gasteiger partial charge in [0.2, 0.25) is 0 Å². The fraction of sp³-hybridized carbons (Fsp3) is 1.00. The fourth-order valence-electron chi connectivity index (χ4n) is 1.72. The predicted octanol–water partition coefficient (Wildman–Crippen LogP) is -2.19. The summed E-state index contributed by atoms with van der Waals surface area (Å²) in [5.41, 5.74) is 0. The first-order valence-electron chi connectivity index (χ1n) is 4.72. The van der Waals surface area contributed by atoms with E-state index in [1.54, 1.807) is 0 Å². The summed E-state index contributed by atoms with van der Waals surface area (Å²) in [5, 5.41) is 42.2. The molecule has 1 saturated heterocycles. The van der Waals surface area contributed by atoms with E-state index in [1.165, 1.54) is 7.05 Å². The van der Waals surface area contributed by atoms with E-state index in [4.69, 9.17) is 0 Å². The first-order valence-corrected chi connectivity index (χ1v) is 4.72. The van der Waals surface area contributed by atoms with Crippen molar-refractivity contribution in [3.8, 4) is 0 Å². The third kappa shape index (κ3) is 2.83. The Kier molecular flexibility index (Phi) is 4.38. The second-order valence-corrected chi connectivity index (χ2v) is 3.82. The second kappa shape index (κ2) is 5.15. The molecule has 0 amide bonds. The van der Waals surface area contributed by atoms with E-state index in [0.29, 0.717) is 5.06 Å². The average Bonchev–Trinajstić information content (AvgIpc) is 2.18. The molecule has 1 aliphatic heterocycles. The maximum atomic E-state index is 12.4. The number of piperidine rings is 1. The van der Waals surface area contributed by atoms with Crippen molar-refractivity contribution in [2.75, 3.05) is 20.3 Å². The number of hydroxylamine groups is 2. The van der Waals surface area contributed by atoms with Gasteiger partial charge in [0, 0.05) is 12.6 Å². The van der Waals surface area contributed by atoms with Crippen molar-refractivity contribution >= 4 is 0 Å². The molecule has 0 aliphatic carbocycles. The zero-order valence-corrected chi connectivity index (χ0v) is 8.38. The molecule has 3 unspecified atom stereocenters. The van der Waals surface area contributed by atoms with Crippen LogP contribution in [0.1, 0.15) is 0 Å². The van der Waals surface area contributed by atoms with E-state index in [2.05, 4.69) is 5.32 Å². The molecule has 1 heterocycles. The summed E-state index contributed by atoms with van der Waals surface area (Å²) >= 11 is 0. The van der Waals surface area contributed by atoms with Crippen LogP contribution in [0.2, 0.25) is 0 Å². The molecular weight excluding hydrogens is 207 g/mol. The highest BCUT2D eigenvalue weighted by atomic mass is 19.1. The van der Waals surface area contributed by atoms with Gasteiger partial charge in [0.05, 0.1) is 12.1 Å². The number of halogens is 1. The number of hydrogen-bond acceptors (Lipinski definition) is 6. The highest BCUT2D eigenvalue weighted by molar-refractivity contribution is 4.98. The average molecular weight is 223 g/mol. The van der Waals surface area contributed by atoms with Crippen molar-refractivity contribution in [3.63, 3.8) is 0 Å². The summed E-state index contributed by atoms with van der Waals surface area (Å²) in [7, 11) is 1.26. The smallest absolute Gasteiger partial charge is 0.109 e. The standard InChI is InChI=1S/C8H16FN2O4/c1-11(15)3-5-7(13)8(14)6(12)4(2-9)10-5/h4-8,10,12-14H,2-3H2,1H3/q-1/t4?,5-,6-,7?,8?/m1/s1. The molecule has 0 radical (unpaired) electrons. The summed E-state index contributed by atoms with van der Waals surface area (Å²) in [5.74, 6) is 0. The van der Waals surface area contributed by atoms with Crippen LogP contribution in [0.4, 0.5) is 4.39 Å². The van der Waals surface area contributed by atoms with Gasteiger partial charge in [0.25, 0.3) is 0 Å². The minimum absolute atomic E-state index is 0.0819. The molecule has 1 fully saturated rings. The quantitative estimate of drug-likeness (QED) is 0.406. The van der Waals surface area contributed by atoms with E-state index in [0.717, 1.165) is 0 Å². The van der Waals surface area contributed by atoms with E-state index >= 15 is 0 Å². The van der Waals surface area contributed by atoms with Crippen molar-refractivity contribution in [1.29, 1.82) is 0 Å². The van der Waals surface area contributed by atoms with Crippen LogP contribution < -0.4 is 5.32 Å². The molecule has 1 aliphatic rings. The van der Waals surface area contributed by atoms with Crippen molar-refractivity contribution in [1.82, 2.24) is 10.4 Å². The second-order valence-electron chi connectivity index (χ2n) is 3.82. The highest BCUT2D eigenvalue weighted by Gasteiger charge is 2.41. The van der Waals surface area contributed by atoms with Crippen LogP contribution in [0.25, 0.3) is 0 Å². The van der Waals surface area contributed by atoms with Crippen molar-refractivity contribution in [2.45, 2.75) is 30.4 Å². The minimum atomic E-state index is -1.43. The van der Waals surface area contributed by atoms with E-state index < -0.39 is 37.1 Å². The topological polar surface area (TPSA) is 99.0 Å². The van der Waals surface area contributed by atoms with Crippen LogP contribution in [-0.4, -0.2) is 71.0 Å². The Morgan fingerprint density at radius 2 is 1.73 bits per heavy atom. The summed E-state index contributed by atoms with van der Waals surface area (Å²) in [6.45, 7) is -0.953. The largest absolute Gasteiger partial charge is 0.785 e. The van der Waals surface area contributed by atoms with Gasteiger partial charge in [0.1, 0.15) is 18.9 Å². The zero-order valence-electron chi connectivity index (χ0n) is 8.38. The van der Waals surface area contributed by atoms with Crippen LogP contribution in [0.5, 0.6) is 0 Å². The number of likely N-dealkylation sites (N-methyl/N-ethyl adjacent to an activating group) is 1. The number of alkyl halides is 1. The Labute approximate surface area is 86.9 Å². The Bertz CT molecular complexity index is 205. The van der Waals surface area contributed by atoms with E-state index in [-0.39, 0.29) is 6.54 Å². The number of rotatable bonds is 3. The summed E-state index contributed by atoms with van der Waals surface area (Å²) in [6, 6.07) is -1.69. The number of nitrogens with one attached hydrogen (secondary N) is 1. The van der Waals surface area contributed by atoms with Crippen molar-refractivity contribution in [3.05, 3.63) is 5.21 Å². The SMILES string of the molecule is CN([O-])C[C@H]1NC(CF)[C@@H](O)C(O)C1O. The molecule has 0 aromatic heterocycles. The van der Waals surface area contributed by atoms with Gasteiger partial charge >= 0.3 is 0 Å². The van der Waals surface area contributed by atoms with Crippen LogP contribution in [0.15, 0.2) is 0 Å². The van der Waals surface area contributed by atoms with Crippen molar-refractivity contribution < 1.29 is 19.7 Å². The molecule has 1 rings (SSSR count). The Hall–Kier alpha value is -0.310. The first-order chi connectivity index (χ1) is 6.97. The summed E-state index contributed by atoms with van der Waals surface area (Å²) < 4.78 is 12.4. The maximum absolute atomic E-state index is 12.4. The van der Waals surface area contributed by atoms with Crippen LogP contribution in [-0.2, 0) is 0 Å². The van der Waals surface area contributed by atoms with Crippen LogP contribution >= 0.6 is 0 Å². The molecule has 6 nitrogen and oxygen atoms in total. The van der Waals surface area contributed by atoms with Gasteiger partial charge in [-0.05, 0) is 7.05 Å². The Balaban J connectivity index is 2.65. The lowest BCUT2D eigenvalue weighted by atomic mass is 9.90. The predicted molar refractivity (Wildman–Crippen MR) is 50.7 cm³/mol. The summed E-state index contributed by atoms with van der Waals surface area (Å²) in [4.78, 5) is 0. The maximum Gasteiger partial charge on any atom is 0.109 e. The third-order valence-corrected chi connectivity index (χ3v) is 2.57. The minimum Gasteiger partial charge on any atom is -0.785 e. The number of aliphatic hydroxyl groups is 3. The van der Waals surface area contributed by atoms with Gasteiger partial charge in [-0.3, -0.25) is 0 Å². The van der Waals surface area contributed by atoms with Gasteiger partial charge in [-0.15, -0.1) is 0 Å². The molecule has 0 saturated carbocycles. The molecule has 90 valence electrons. The molecule has 0 spiro atoms. The molecule has 5 atom stereocenters. The molecule has 0 bridgehead atoms. The monoisotopic (exact) mass is 223 g/mol. The lowest BCUT2D eigenvalue weighted by Crippen LogP contribution is -2.67. The number of nitrogens with zero attached hydrogens (tertiary/aromatic N) is 1. The number of aliphatic hydroxyl groups excluding tert-OH is 3. The molecule has 7 heteroatoms. The van der Waals surface area contributed by atoms with E-state index in [1.807, 2.05) is 0 Å². The molecule has 4 N–H and O–H groups in total. The lowest BCUT2D eigenvalue weighted by Gasteiger charge is -2.43. The fourth-order valence-corrected chi connectivity index (χ4v) is 1.72. The molecular formula is C8H16FN2O4-. The van der Waals surface area contributed by atoms with Crippen LogP contribution in [0.3, 0.4) is 0 Å². The molecule has 0 aromatic rings. The van der Waals surface area contributed by atoms with Gasteiger partial charge in [-0.2, -0.15) is 0 Å². The lowest BCUT2D eigenvalue weighted by molar-refractivity contribution is -0.117. The highest BCUT2D eigenvalue weighted by Crippen LogP contribution is 2.16. The zero-order chi connectivity index (χ0) is 11.6. The first kappa shape index (κ1) is 12.8. The Morgan fingerprint density at radius 3 is 2.20 bits per heavy atom. The van der Waals surface area contributed by atoms with Crippen LogP contribution in [0, 0.1) is 5.21 Å². The van der Waals surface area contributed by atoms with Gasteiger partial charge < -0.3 is 30.9 Å². The van der Waals surface area contributed by atoms with Gasteiger partial charge in [-0.1, -0.05) is 0 Å². The van der Waals surface area contributed by atoms with Gasteiger partial charge in [-0.25, -0.2) is 4.39 Å².